The van der Waals surface area contributed by atoms with E-state index in [1.807, 2.05) is 0 Å². The molecule has 0 rings (SSSR count). The first-order chi connectivity index (χ1) is 27.5. The molecule has 0 aliphatic carbocycles. The molecular formula is C50H80O6. The lowest BCUT2D eigenvalue weighted by molar-refractivity contribution is -0.167. The van der Waals surface area contributed by atoms with E-state index in [9.17, 15) is 14.4 Å². The average Bonchev–Trinajstić information content (AvgIpc) is 3.19. The number of hydrogen-bond donors (Lipinski definition) is 0. The van der Waals surface area contributed by atoms with Crippen LogP contribution < -0.4 is 0 Å². The summed E-state index contributed by atoms with van der Waals surface area (Å²) in [4.78, 5) is 37.6. The smallest absolute Gasteiger partial charge is 0.306 e. The minimum Gasteiger partial charge on any atom is -0.462 e. The third-order valence-corrected chi connectivity index (χ3v) is 8.89. The Morgan fingerprint density at radius 1 is 0.393 bits per heavy atom. The lowest BCUT2D eigenvalue weighted by atomic mass is 10.1. The summed E-state index contributed by atoms with van der Waals surface area (Å²) >= 11 is 0. The van der Waals surface area contributed by atoms with Crippen LogP contribution in [0, 0.1) is 0 Å². The third-order valence-electron chi connectivity index (χ3n) is 8.89. The van der Waals surface area contributed by atoms with Gasteiger partial charge < -0.3 is 14.2 Å². The van der Waals surface area contributed by atoms with Gasteiger partial charge in [-0.25, -0.2) is 0 Å². The van der Waals surface area contributed by atoms with E-state index in [2.05, 4.69) is 118 Å². The van der Waals surface area contributed by atoms with Gasteiger partial charge in [0.05, 0.1) is 0 Å². The van der Waals surface area contributed by atoms with Crippen molar-refractivity contribution in [3.63, 3.8) is 0 Å². The SMILES string of the molecule is CC/C=C\C/C=C\C/C=C\CCCC(=O)OC(COC(=O)CCC/C=C\CCCCCC)COC(=O)CCCCCCC\C=C/C=C\C=C/C=C\CCCCC. The fourth-order valence-electron chi connectivity index (χ4n) is 5.54. The van der Waals surface area contributed by atoms with Gasteiger partial charge in [0.15, 0.2) is 6.10 Å². The quantitative estimate of drug-likeness (QED) is 0.0204. The van der Waals surface area contributed by atoms with Crippen molar-refractivity contribution >= 4 is 17.9 Å². The van der Waals surface area contributed by atoms with Gasteiger partial charge in [0, 0.05) is 19.3 Å². The highest BCUT2D eigenvalue weighted by atomic mass is 16.6. The molecule has 1 unspecified atom stereocenters. The maximum Gasteiger partial charge on any atom is 0.306 e. The van der Waals surface area contributed by atoms with Crippen molar-refractivity contribution in [1.29, 1.82) is 0 Å². The third kappa shape index (κ3) is 41.5. The summed E-state index contributed by atoms with van der Waals surface area (Å²) in [6.45, 7) is 6.32. The molecule has 0 bridgehead atoms. The second-order valence-corrected chi connectivity index (χ2v) is 14.3. The molecule has 0 aliphatic rings. The van der Waals surface area contributed by atoms with Crippen molar-refractivity contribution in [2.75, 3.05) is 13.2 Å². The topological polar surface area (TPSA) is 78.9 Å². The Morgan fingerprint density at radius 2 is 0.786 bits per heavy atom. The van der Waals surface area contributed by atoms with Crippen LogP contribution in [0.1, 0.15) is 181 Å². The van der Waals surface area contributed by atoms with Gasteiger partial charge in [-0.15, -0.1) is 0 Å². The molecule has 316 valence electrons. The van der Waals surface area contributed by atoms with E-state index >= 15 is 0 Å². The molecule has 0 aromatic rings. The van der Waals surface area contributed by atoms with E-state index in [1.54, 1.807) is 0 Å². The van der Waals surface area contributed by atoms with Crippen LogP contribution in [0.25, 0.3) is 0 Å². The van der Waals surface area contributed by atoms with E-state index in [1.165, 1.54) is 44.9 Å². The summed E-state index contributed by atoms with van der Waals surface area (Å²) in [5, 5.41) is 0. The molecule has 56 heavy (non-hydrogen) atoms. The first kappa shape index (κ1) is 52.3. The highest BCUT2D eigenvalue weighted by Gasteiger charge is 2.19. The van der Waals surface area contributed by atoms with Crippen LogP contribution in [-0.4, -0.2) is 37.2 Å². The fraction of sp³-hybridized carbons (Fsp3) is 0.620. The molecule has 0 saturated heterocycles. The number of carbonyl (C=O) groups excluding carboxylic acids is 3. The second-order valence-electron chi connectivity index (χ2n) is 14.3. The predicted octanol–water partition coefficient (Wildman–Crippen LogP) is 14.2. The Balaban J connectivity index is 4.48. The van der Waals surface area contributed by atoms with E-state index in [4.69, 9.17) is 14.2 Å². The van der Waals surface area contributed by atoms with Gasteiger partial charge in [0.25, 0.3) is 0 Å². The number of hydrogen-bond acceptors (Lipinski definition) is 6. The van der Waals surface area contributed by atoms with Gasteiger partial charge in [-0.3, -0.25) is 14.4 Å². The molecule has 0 N–H and O–H groups in total. The van der Waals surface area contributed by atoms with E-state index in [0.717, 1.165) is 83.5 Å². The molecule has 0 fully saturated rings. The van der Waals surface area contributed by atoms with Gasteiger partial charge in [0.1, 0.15) is 13.2 Å². The molecule has 0 heterocycles. The number of allylic oxidation sites excluding steroid dienone is 16. The molecule has 0 saturated carbocycles. The van der Waals surface area contributed by atoms with E-state index < -0.39 is 6.10 Å². The molecule has 0 amide bonds. The van der Waals surface area contributed by atoms with Crippen molar-refractivity contribution in [3.05, 3.63) is 97.2 Å². The highest BCUT2D eigenvalue weighted by molar-refractivity contribution is 5.71. The Morgan fingerprint density at radius 3 is 1.38 bits per heavy atom. The van der Waals surface area contributed by atoms with E-state index in [0.29, 0.717) is 25.7 Å². The minimum absolute atomic E-state index is 0.120. The van der Waals surface area contributed by atoms with Crippen LogP contribution in [-0.2, 0) is 28.6 Å². The van der Waals surface area contributed by atoms with Crippen molar-refractivity contribution in [3.8, 4) is 0 Å². The molecule has 6 heteroatoms. The fourth-order valence-corrected chi connectivity index (χ4v) is 5.54. The Labute approximate surface area is 343 Å². The van der Waals surface area contributed by atoms with Crippen LogP contribution in [0.15, 0.2) is 97.2 Å². The highest BCUT2D eigenvalue weighted by Crippen LogP contribution is 2.11. The number of ether oxygens (including phenoxy) is 3. The van der Waals surface area contributed by atoms with Gasteiger partial charge >= 0.3 is 17.9 Å². The summed E-state index contributed by atoms with van der Waals surface area (Å²) < 4.78 is 16.6. The predicted molar refractivity (Wildman–Crippen MR) is 237 cm³/mol. The summed E-state index contributed by atoms with van der Waals surface area (Å²) in [7, 11) is 0. The average molecular weight is 777 g/mol. The summed E-state index contributed by atoms with van der Waals surface area (Å²) in [5.41, 5.74) is 0. The molecule has 0 aromatic heterocycles. The van der Waals surface area contributed by atoms with Crippen LogP contribution in [0.5, 0.6) is 0 Å². The maximum atomic E-state index is 12.6. The molecule has 1 atom stereocenters. The van der Waals surface area contributed by atoms with Crippen molar-refractivity contribution in [2.24, 2.45) is 0 Å². The molecule has 0 spiro atoms. The second kappa shape index (κ2) is 44.0. The van der Waals surface area contributed by atoms with Gasteiger partial charge in [-0.2, -0.15) is 0 Å². The number of rotatable bonds is 38. The van der Waals surface area contributed by atoms with E-state index in [-0.39, 0.29) is 37.5 Å². The van der Waals surface area contributed by atoms with Crippen molar-refractivity contribution in [1.82, 2.24) is 0 Å². The molecule has 0 aliphatic heterocycles. The zero-order valence-electron chi connectivity index (χ0n) is 35.9. The molecule has 0 aromatic carbocycles. The maximum absolute atomic E-state index is 12.6. The lowest BCUT2D eigenvalue weighted by Gasteiger charge is -2.18. The van der Waals surface area contributed by atoms with Crippen LogP contribution in [0.4, 0.5) is 0 Å². The standard InChI is InChI=1S/C50H80O6/c1-4-7-10-13-16-19-21-22-23-24-25-26-27-29-31-34-37-40-43-49(52)55-46-47(45-54-48(51)42-39-36-33-30-18-15-12-9-6-3)56-50(53)44-41-38-35-32-28-20-17-14-11-8-5-2/h8,11,16-17,19-26,30,32-33,35,47H,4-7,9-10,12-15,18,27-29,31,34,36-46H2,1-3H3/b11-8-,19-16-,20-17-,22-21-,24-23-,26-25-,33-30-,35-32-. The Hall–Kier alpha value is -3.67. The normalized spacial score (nSPS) is 13.0. The summed E-state index contributed by atoms with van der Waals surface area (Å²) in [5.74, 6) is -1.05. The number of unbranched alkanes of at least 4 members (excludes halogenated alkanes) is 14. The van der Waals surface area contributed by atoms with Gasteiger partial charge in [-0.1, -0.05) is 169 Å². The Kier molecular flexibility index (Phi) is 41.2. The zero-order chi connectivity index (χ0) is 40.8. The molecular weight excluding hydrogens is 697 g/mol. The Bertz CT molecular complexity index is 1170. The van der Waals surface area contributed by atoms with Crippen LogP contribution in [0.2, 0.25) is 0 Å². The number of carbonyl (C=O) groups is 3. The van der Waals surface area contributed by atoms with Crippen LogP contribution >= 0.6 is 0 Å². The zero-order valence-corrected chi connectivity index (χ0v) is 35.9. The van der Waals surface area contributed by atoms with Crippen molar-refractivity contribution in [2.45, 2.75) is 187 Å². The summed E-state index contributed by atoms with van der Waals surface area (Å²) in [6, 6.07) is 0. The van der Waals surface area contributed by atoms with Crippen LogP contribution in [0.3, 0.4) is 0 Å². The lowest BCUT2D eigenvalue weighted by Crippen LogP contribution is -2.30. The molecule has 6 nitrogen and oxygen atoms in total. The van der Waals surface area contributed by atoms with Gasteiger partial charge in [0.2, 0.25) is 0 Å². The van der Waals surface area contributed by atoms with Crippen molar-refractivity contribution < 1.29 is 28.6 Å². The largest absolute Gasteiger partial charge is 0.462 e. The monoisotopic (exact) mass is 777 g/mol. The summed E-state index contributed by atoms with van der Waals surface area (Å²) in [6.07, 6.45) is 56.9. The van der Waals surface area contributed by atoms with Gasteiger partial charge in [-0.05, 0) is 89.9 Å². The minimum atomic E-state index is -0.822. The first-order valence-electron chi connectivity index (χ1n) is 22.3. The molecule has 0 radical (unpaired) electrons. The first-order valence-corrected chi connectivity index (χ1v) is 22.3. The number of esters is 3.